The van der Waals surface area contributed by atoms with Crippen LogP contribution in [0.1, 0.15) is 18.1 Å². The fourth-order valence-corrected chi connectivity index (χ4v) is 3.26. The Morgan fingerprint density at radius 1 is 1.09 bits per heavy atom. The zero-order chi connectivity index (χ0) is 25.2. The summed E-state index contributed by atoms with van der Waals surface area (Å²) in [6, 6.07) is 17.3. The van der Waals surface area contributed by atoms with Crippen LogP contribution >= 0.6 is 0 Å². The largest absolute Gasteiger partial charge is 0.479 e. The van der Waals surface area contributed by atoms with Crippen LogP contribution in [0, 0.1) is 0 Å². The third-order valence-electron chi connectivity index (χ3n) is 5.06. The Kier molecular flexibility index (Phi) is 6.37. The van der Waals surface area contributed by atoms with E-state index in [1.165, 1.54) is 37.4 Å². The number of rotatable bonds is 6. The smallest absolute Gasteiger partial charge is 0.416 e. The van der Waals surface area contributed by atoms with Crippen LogP contribution in [0.15, 0.2) is 82.7 Å². The van der Waals surface area contributed by atoms with E-state index in [-0.39, 0.29) is 16.8 Å². The molecule has 0 radical (unpaired) electrons. The van der Waals surface area contributed by atoms with Crippen LogP contribution < -0.4 is 10.3 Å². The van der Waals surface area contributed by atoms with Gasteiger partial charge in [0, 0.05) is 5.56 Å². The van der Waals surface area contributed by atoms with Gasteiger partial charge in [-0.3, -0.25) is 4.79 Å². The zero-order valence-electron chi connectivity index (χ0n) is 18.2. The molecule has 0 bridgehead atoms. The van der Waals surface area contributed by atoms with Crippen LogP contribution in [-0.2, 0) is 11.0 Å². The van der Waals surface area contributed by atoms with Crippen LogP contribution in [-0.4, -0.2) is 33.1 Å². The number of benzene rings is 3. The summed E-state index contributed by atoms with van der Waals surface area (Å²) in [4.78, 5) is 28.5. The Morgan fingerprint density at radius 2 is 1.80 bits per heavy atom. The summed E-state index contributed by atoms with van der Waals surface area (Å²) in [5.41, 5.74) is -0.486. The van der Waals surface area contributed by atoms with Crippen molar-refractivity contribution >= 4 is 23.1 Å². The summed E-state index contributed by atoms with van der Waals surface area (Å²) >= 11 is 0. The maximum absolute atomic E-state index is 13.3. The Morgan fingerprint density at radius 3 is 2.49 bits per heavy atom. The minimum atomic E-state index is -4.57. The molecule has 0 aliphatic rings. The molecule has 0 aliphatic heterocycles. The lowest BCUT2D eigenvalue weighted by Gasteiger charge is -2.12. The third-order valence-corrected chi connectivity index (χ3v) is 5.06. The van der Waals surface area contributed by atoms with Crippen molar-refractivity contribution in [1.82, 2.24) is 9.66 Å². The first-order chi connectivity index (χ1) is 16.6. The Balaban J connectivity index is 1.77. The first kappa shape index (κ1) is 23.7. The predicted octanol–water partition coefficient (Wildman–Crippen LogP) is 4.82. The molecule has 35 heavy (non-hydrogen) atoms. The van der Waals surface area contributed by atoms with E-state index in [4.69, 9.17) is 9.84 Å². The van der Waals surface area contributed by atoms with Gasteiger partial charge in [0.2, 0.25) is 0 Å². The lowest BCUT2D eigenvalue weighted by atomic mass is 10.1. The number of aromatic nitrogens is 2. The number of halogens is 3. The van der Waals surface area contributed by atoms with Crippen molar-refractivity contribution in [2.45, 2.75) is 19.2 Å². The molecule has 4 aromatic rings. The molecule has 3 aromatic carbocycles. The number of aliphatic carboxylic acids is 1. The fourth-order valence-electron chi connectivity index (χ4n) is 3.26. The molecule has 0 amide bonds. The van der Waals surface area contributed by atoms with Gasteiger partial charge in [-0.1, -0.05) is 24.3 Å². The highest BCUT2D eigenvalue weighted by Gasteiger charge is 2.31. The van der Waals surface area contributed by atoms with E-state index in [2.05, 4.69) is 10.1 Å². The topological polar surface area (TPSA) is 93.8 Å². The van der Waals surface area contributed by atoms with Crippen LogP contribution in [0.3, 0.4) is 0 Å². The number of carboxylic acids is 1. The summed E-state index contributed by atoms with van der Waals surface area (Å²) < 4.78 is 46.1. The second-order valence-electron chi connectivity index (χ2n) is 7.56. The van der Waals surface area contributed by atoms with Crippen molar-refractivity contribution in [2.75, 3.05) is 0 Å². The van der Waals surface area contributed by atoms with E-state index < -0.39 is 29.4 Å². The summed E-state index contributed by atoms with van der Waals surface area (Å²) in [7, 11) is 0. The summed E-state index contributed by atoms with van der Waals surface area (Å²) in [6.45, 7) is 1.39. The highest BCUT2D eigenvalue weighted by Crippen LogP contribution is 2.31. The van der Waals surface area contributed by atoms with E-state index in [0.29, 0.717) is 16.8 Å². The zero-order valence-corrected chi connectivity index (χ0v) is 18.2. The molecule has 1 aromatic heterocycles. The molecule has 0 spiro atoms. The van der Waals surface area contributed by atoms with Gasteiger partial charge in [0.25, 0.3) is 5.56 Å². The van der Waals surface area contributed by atoms with Gasteiger partial charge in [0.1, 0.15) is 5.75 Å². The fraction of sp³-hybridized carbons (Fsp3) is 0.120. The van der Waals surface area contributed by atoms with Gasteiger partial charge in [-0.2, -0.15) is 22.9 Å². The molecule has 0 fully saturated rings. The first-order valence-electron chi connectivity index (χ1n) is 10.4. The average molecular weight is 481 g/mol. The SMILES string of the molecule is C[C@@H](Oc1ccc(C=Nn2c(-c3cccc(C(F)(F)F)c3)nc3ccccc3c2=O)cc1)C(=O)O. The summed E-state index contributed by atoms with van der Waals surface area (Å²) in [5, 5.41) is 13.4. The molecule has 0 aliphatic carbocycles. The lowest BCUT2D eigenvalue weighted by Crippen LogP contribution is -2.22. The van der Waals surface area contributed by atoms with Gasteiger partial charge in [-0.15, -0.1) is 0 Å². The minimum Gasteiger partial charge on any atom is -0.479 e. The van der Waals surface area contributed by atoms with Crippen molar-refractivity contribution in [1.29, 1.82) is 0 Å². The molecule has 1 atom stereocenters. The molecule has 4 rings (SSSR count). The highest BCUT2D eigenvalue weighted by molar-refractivity contribution is 5.82. The van der Waals surface area contributed by atoms with Crippen LogP contribution in [0.25, 0.3) is 22.3 Å². The number of carbonyl (C=O) groups is 1. The van der Waals surface area contributed by atoms with Crippen LogP contribution in [0.5, 0.6) is 5.75 Å². The molecular weight excluding hydrogens is 463 g/mol. The molecule has 1 heterocycles. The highest BCUT2D eigenvalue weighted by atomic mass is 19.4. The van der Waals surface area contributed by atoms with Gasteiger partial charge < -0.3 is 9.84 Å². The molecule has 0 unspecified atom stereocenters. The van der Waals surface area contributed by atoms with E-state index in [1.54, 1.807) is 36.4 Å². The van der Waals surface area contributed by atoms with Crippen molar-refractivity contribution in [3.05, 3.63) is 94.3 Å². The number of hydrogen-bond donors (Lipinski definition) is 1. The van der Waals surface area contributed by atoms with Crippen molar-refractivity contribution < 1.29 is 27.8 Å². The molecule has 0 saturated carbocycles. The predicted molar refractivity (Wildman–Crippen MR) is 124 cm³/mol. The summed E-state index contributed by atoms with van der Waals surface area (Å²) in [5.74, 6) is -0.835. The van der Waals surface area contributed by atoms with E-state index in [0.717, 1.165) is 16.8 Å². The number of fused-ring (bicyclic) bond motifs is 1. The average Bonchev–Trinajstić information content (AvgIpc) is 2.84. The number of alkyl halides is 3. The Bertz CT molecular complexity index is 1480. The Labute approximate surface area is 196 Å². The van der Waals surface area contributed by atoms with E-state index >= 15 is 0 Å². The number of nitrogens with zero attached hydrogens (tertiary/aromatic N) is 3. The van der Waals surface area contributed by atoms with Crippen molar-refractivity contribution in [3.63, 3.8) is 0 Å². The van der Waals surface area contributed by atoms with Gasteiger partial charge >= 0.3 is 12.1 Å². The van der Waals surface area contributed by atoms with Gasteiger partial charge in [0.05, 0.1) is 22.7 Å². The van der Waals surface area contributed by atoms with Gasteiger partial charge in [-0.05, 0) is 61.0 Å². The molecule has 1 N–H and O–H groups in total. The second kappa shape index (κ2) is 9.41. The monoisotopic (exact) mass is 481 g/mol. The van der Waals surface area contributed by atoms with Gasteiger partial charge in [0.15, 0.2) is 11.9 Å². The molecular formula is C25H18F3N3O4. The lowest BCUT2D eigenvalue weighted by molar-refractivity contribution is -0.144. The number of ether oxygens (including phenoxy) is 1. The minimum absolute atomic E-state index is 0.0497. The van der Waals surface area contributed by atoms with E-state index in [9.17, 15) is 22.8 Å². The molecule has 10 heteroatoms. The van der Waals surface area contributed by atoms with Gasteiger partial charge in [-0.25, -0.2) is 9.78 Å². The number of para-hydroxylation sites is 1. The first-order valence-corrected chi connectivity index (χ1v) is 10.4. The second-order valence-corrected chi connectivity index (χ2v) is 7.56. The number of carboxylic acid groups (broad SMARTS) is 1. The van der Waals surface area contributed by atoms with E-state index in [1.807, 2.05) is 0 Å². The molecule has 7 nitrogen and oxygen atoms in total. The molecule has 178 valence electrons. The maximum atomic E-state index is 13.3. The Hall–Kier alpha value is -4.47. The standard InChI is InChI=1S/C25H18F3N3O4/c1-15(24(33)34)35-19-11-9-16(10-12-19)14-29-31-22(17-5-4-6-18(13-17)25(26,27)28)30-21-8-3-2-7-20(21)23(31)32/h2-15H,1H3,(H,33,34)/t15-/m1/s1. The number of hydrogen-bond acceptors (Lipinski definition) is 5. The van der Waals surface area contributed by atoms with Crippen molar-refractivity contribution in [3.8, 4) is 17.1 Å². The maximum Gasteiger partial charge on any atom is 0.416 e. The van der Waals surface area contributed by atoms with Crippen LogP contribution in [0.4, 0.5) is 13.2 Å². The summed E-state index contributed by atoms with van der Waals surface area (Å²) in [6.07, 6.45) is -4.26. The quantitative estimate of drug-likeness (QED) is 0.399. The normalized spacial score (nSPS) is 12.7. The van der Waals surface area contributed by atoms with Crippen molar-refractivity contribution in [2.24, 2.45) is 5.10 Å². The molecule has 0 saturated heterocycles. The van der Waals surface area contributed by atoms with Crippen LogP contribution in [0.2, 0.25) is 0 Å². The third kappa shape index (κ3) is 5.21.